The summed E-state index contributed by atoms with van der Waals surface area (Å²) in [5.41, 5.74) is 5.32. The Hall–Kier alpha value is -1.66. The average molecular weight is 294 g/mol. The zero-order valence-corrected chi connectivity index (χ0v) is 12.6. The predicted octanol–water partition coefficient (Wildman–Crippen LogP) is -0.274. The standard InChI is InChI=1S/C15H26N4O2/c1-3-9-18(10-4-2)15(21)12-19(11-14(16)20)13-5-7-17-8-6-13/h3-4,13,17H,1-2,5-12H2,(H2,16,20). The molecule has 1 aliphatic rings. The first kappa shape index (κ1) is 17.4. The van der Waals surface area contributed by atoms with Crippen LogP contribution in [0.15, 0.2) is 25.3 Å². The number of nitrogens with one attached hydrogen (secondary N) is 1. The summed E-state index contributed by atoms with van der Waals surface area (Å²) in [6.07, 6.45) is 5.21. The Bertz CT molecular complexity index is 368. The van der Waals surface area contributed by atoms with Crippen molar-refractivity contribution in [3.8, 4) is 0 Å². The minimum absolute atomic E-state index is 0.0328. The van der Waals surface area contributed by atoms with E-state index in [1.807, 2.05) is 4.90 Å². The van der Waals surface area contributed by atoms with Crippen LogP contribution in [0.5, 0.6) is 0 Å². The smallest absolute Gasteiger partial charge is 0.237 e. The third kappa shape index (κ3) is 6.10. The first-order chi connectivity index (χ1) is 10.1. The van der Waals surface area contributed by atoms with E-state index in [4.69, 9.17) is 5.73 Å². The maximum absolute atomic E-state index is 12.4. The number of nitrogens with zero attached hydrogens (tertiary/aromatic N) is 2. The van der Waals surface area contributed by atoms with Crippen molar-refractivity contribution in [2.45, 2.75) is 18.9 Å². The van der Waals surface area contributed by atoms with Gasteiger partial charge in [-0.05, 0) is 25.9 Å². The largest absolute Gasteiger partial charge is 0.369 e. The fourth-order valence-corrected chi connectivity index (χ4v) is 2.55. The monoisotopic (exact) mass is 294 g/mol. The Morgan fingerprint density at radius 3 is 2.19 bits per heavy atom. The maximum atomic E-state index is 12.4. The summed E-state index contributed by atoms with van der Waals surface area (Å²) in [5, 5.41) is 3.27. The van der Waals surface area contributed by atoms with Crippen LogP contribution >= 0.6 is 0 Å². The van der Waals surface area contributed by atoms with E-state index in [1.165, 1.54) is 0 Å². The molecular weight excluding hydrogens is 268 g/mol. The van der Waals surface area contributed by atoms with Crippen LogP contribution in [0.25, 0.3) is 0 Å². The lowest BCUT2D eigenvalue weighted by molar-refractivity contribution is -0.133. The summed E-state index contributed by atoms with van der Waals surface area (Å²) >= 11 is 0. The molecule has 21 heavy (non-hydrogen) atoms. The van der Waals surface area contributed by atoms with E-state index in [0.29, 0.717) is 13.1 Å². The van der Waals surface area contributed by atoms with Crippen molar-refractivity contribution in [3.63, 3.8) is 0 Å². The van der Waals surface area contributed by atoms with E-state index in [2.05, 4.69) is 18.5 Å². The van der Waals surface area contributed by atoms with Crippen LogP contribution in [0.2, 0.25) is 0 Å². The van der Waals surface area contributed by atoms with Crippen LogP contribution in [-0.2, 0) is 9.59 Å². The number of amides is 2. The minimum Gasteiger partial charge on any atom is -0.369 e. The number of carbonyl (C=O) groups excluding carboxylic acids is 2. The summed E-state index contributed by atoms with van der Waals surface area (Å²) in [6.45, 7) is 10.4. The van der Waals surface area contributed by atoms with Gasteiger partial charge in [0.2, 0.25) is 11.8 Å². The molecule has 6 heteroatoms. The van der Waals surface area contributed by atoms with Crippen LogP contribution in [0, 0.1) is 0 Å². The Kier molecular flexibility index (Phi) is 7.71. The second-order valence-corrected chi connectivity index (χ2v) is 5.23. The molecule has 118 valence electrons. The molecule has 1 fully saturated rings. The number of hydrogen-bond acceptors (Lipinski definition) is 4. The van der Waals surface area contributed by atoms with Crippen LogP contribution in [-0.4, -0.2) is 66.9 Å². The fourth-order valence-electron chi connectivity index (χ4n) is 2.55. The van der Waals surface area contributed by atoms with Crippen LogP contribution in [0.4, 0.5) is 0 Å². The Morgan fingerprint density at radius 2 is 1.71 bits per heavy atom. The first-order valence-electron chi connectivity index (χ1n) is 7.31. The van der Waals surface area contributed by atoms with Gasteiger partial charge in [-0.3, -0.25) is 14.5 Å². The van der Waals surface area contributed by atoms with Crippen molar-refractivity contribution >= 4 is 11.8 Å². The molecule has 0 aliphatic carbocycles. The molecule has 0 spiro atoms. The minimum atomic E-state index is -0.402. The van der Waals surface area contributed by atoms with Gasteiger partial charge in [-0.1, -0.05) is 12.2 Å². The van der Waals surface area contributed by atoms with Gasteiger partial charge in [0, 0.05) is 19.1 Å². The third-order valence-electron chi connectivity index (χ3n) is 3.57. The number of nitrogens with two attached hydrogens (primary N) is 1. The maximum Gasteiger partial charge on any atom is 0.237 e. The predicted molar refractivity (Wildman–Crippen MR) is 83.6 cm³/mol. The molecule has 0 aromatic heterocycles. The van der Waals surface area contributed by atoms with Crippen molar-refractivity contribution in [2.75, 3.05) is 39.3 Å². The summed E-state index contributed by atoms with van der Waals surface area (Å²) in [5.74, 6) is -0.435. The molecular formula is C15H26N4O2. The summed E-state index contributed by atoms with van der Waals surface area (Å²) < 4.78 is 0. The van der Waals surface area contributed by atoms with Gasteiger partial charge in [-0.15, -0.1) is 13.2 Å². The normalized spacial score (nSPS) is 15.7. The van der Waals surface area contributed by atoms with E-state index in [0.717, 1.165) is 25.9 Å². The molecule has 3 N–H and O–H groups in total. The van der Waals surface area contributed by atoms with Crippen LogP contribution in [0.3, 0.4) is 0 Å². The highest BCUT2D eigenvalue weighted by Crippen LogP contribution is 2.12. The molecule has 2 amide bonds. The van der Waals surface area contributed by atoms with Crippen molar-refractivity contribution in [1.82, 2.24) is 15.1 Å². The number of primary amides is 1. The Balaban J connectivity index is 2.68. The average Bonchev–Trinajstić information content (AvgIpc) is 2.46. The van der Waals surface area contributed by atoms with Gasteiger partial charge >= 0.3 is 0 Å². The summed E-state index contributed by atoms with van der Waals surface area (Å²) in [4.78, 5) is 27.2. The van der Waals surface area contributed by atoms with Crippen LogP contribution < -0.4 is 11.1 Å². The Labute approximate surface area is 126 Å². The molecule has 0 saturated carbocycles. The van der Waals surface area contributed by atoms with Gasteiger partial charge in [-0.25, -0.2) is 0 Å². The molecule has 1 saturated heterocycles. The third-order valence-corrected chi connectivity index (χ3v) is 3.57. The zero-order valence-electron chi connectivity index (χ0n) is 12.6. The topological polar surface area (TPSA) is 78.7 Å². The molecule has 0 atom stereocenters. The molecule has 6 nitrogen and oxygen atoms in total. The second kappa shape index (κ2) is 9.31. The fraction of sp³-hybridized carbons (Fsp3) is 0.600. The van der Waals surface area contributed by atoms with Crippen LogP contribution in [0.1, 0.15) is 12.8 Å². The second-order valence-electron chi connectivity index (χ2n) is 5.23. The van der Waals surface area contributed by atoms with Gasteiger partial charge in [-0.2, -0.15) is 0 Å². The molecule has 0 radical (unpaired) electrons. The molecule has 1 rings (SSSR count). The lowest BCUT2D eigenvalue weighted by Crippen LogP contribution is -2.50. The van der Waals surface area contributed by atoms with Crippen molar-refractivity contribution < 1.29 is 9.59 Å². The lowest BCUT2D eigenvalue weighted by Gasteiger charge is -2.34. The van der Waals surface area contributed by atoms with E-state index in [-0.39, 0.29) is 25.0 Å². The molecule has 0 aromatic carbocycles. The summed E-state index contributed by atoms with van der Waals surface area (Å²) in [6, 6.07) is 0.219. The van der Waals surface area contributed by atoms with E-state index >= 15 is 0 Å². The van der Waals surface area contributed by atoms with E-state index in [9.17, 15) is 9.59 Å². The molecule has 1 heterocycles. The molecule has 0 unspecified atom stereocenters. The number of carbonyl (C=O) groups is 2. The lowest BCUT2D eigenvalue weighted by atomic mass is 10.0. The molecule has 1 aliphatic heterocycles. The summed E-state index contributed by atoms with van der Waals surface area (Å²) in [7, 11) is 0. The van der Waals surface area contributed by atoms with Gasteiger partial charge in [0.15, 0.2) is 0 Å². The highest BCUT2D eigenvalue weighted by Gasteiger charge is 2.25. The van der Waals surface area contributed by atoms with Crippen molar-refractivity contribution in [2.24, 2.45) is 5.73 Å². The van der Waals surface area contributed by atoms with E-state index in [1.54, 1.807) is 17.1 Å². The quantitative estimate of drug-likeness (QED) is 0.574. The number of hydrogen-bond donors (Lipinski definition) is 2. The van der Waals surface area contributed by atoms with E-state index < -0.39 is 5.91 Å². The highest BCUT2D eigenvalue weighted by atomic mass is 16.2. The van der Waals surface area contributed by atoms with Gasteiger partial charge in [0.05, 0.1) is 13.1 Å². The molecule has 0 bridgehead atoms. The molecule has 0 aromatic rings. The number of piperidine rings is 1. The highest BCUT2D eigenvalue weighted by molar-refractivity contribution is 5.80. The van der Waals surface area contributed by atoms with Crippen molar-refractivity contribution in [3.05, 3.63) is 25.3 Å². The first-order valence-corrected chi connectivity index (χ1v) is 7.31. The van der Waals surface area contributed by atoms with Gasteiger partial charge < -0.3 is 16.0 Å². The Morgan fingerprint density at radius 1 is 1.14 bits per heavy atom. The number of rotatable bonds is 9. The zero-order chi connectivity index (χ0) is 15.7. The van der Waals surface area contributed by atoms with Crippen molar-refractivity contribution in [1.29, 1.82) is 0 Å². The van der Waals surface area contributed by atoms with Gasteiger partial charge in [0.1, 0.15) is 0 Å². The van der Waals surface area contributed by atoms with Gasteiger partial charge in [0.25, 0.3) is 0 Å². The SMILES string of the molecule is C=CCN(CC=C)C(=O)CN(CC(N)=O)C1CCNCC1.